The fraction of sp³-hybridized carbons (Fsp3) is 0. The summed E-state index contributed by atoms with van der Waals surface area (Å²) in [6.07, 6.45) is 0. The highest BCUT2D eigenvalue weighted by Gasteiger charge is 2.18. The lowest BCUT2D eigenvalue weighted by atomic mass is 9.84. The number of hydrogen-bond acceptors (Lipinski definition) is 1. The van der Waals surface area contributed by atoms with E-state index in [2.05, 4.69) is 182 Å². The van der Waals surface area contributed by atoms with Crippen molar-refractivity contribution >= 4 is 75.8 Å². The van der Waals surface area contributed by atoms with Crippen LogP contribution in [-0.4, -0.2) is 0 Å². The maximum atomic E-state index is 6.40. The minimum Gasteiger partial charge on any atom is -0.456 e. The Labute approximate surface area is 294 Å². The van der Waals surface area contributed by atoms with Crippen LogP contribution >= 0.6 is 0 Å². The molecule has 0 aliphatic heterocycles. The van der Waals surface area contributed by atoms with Crippen LogP contribution in [0.2, 0.25) is 0 Å². The second kappa shape index (κ2) is 10.9. The lowest BCUT2D eigenvalue weighted by Crippen LogP contribution is -1.91. The Morgan fingerprint density at radius 3 is 1.47 bits per heavy atom. The normalized spacial score (nSPS) is 11.9. The van der Waals surface area contributed by atoms with Crippen LogP contribution in [0.1, 0.15) is 0 Å². The maximum Gasteiger partial charge on any atom is 0.136 e. The average Bonchev–Trinajstić information content (AvgIpc) is 3.55. The molecule has 0 aliphatic rings. The first-order chi connectivity index (χ1) is 25.3. The number of hydrogen-bond donors (Lipinski definition) is 0. The van der Waals surface area contributed by atoms with Crippen LogP contribution in [-0.2, 0) is 0 Å². The molecule has 0 amide bonds. The summed E-state index contributed by atoms with van der Waals surface area (Å²) in [5.74, 6) is 0. The van der Waals surface area contributed by atoms with Crippen molar-refractivity contribution in [3.05, 3.63) is 182 Å². The monoisotopic (exact) mass is 646 g/mol. The van der Waals surface area contributed by atoms with Crippen molar-refractivity contribution in [1.29, 1.82) is 0 Å². The summed E-state index contributed by atoms with van der Waals surface area (Å²) >= 11 is 0. The molecule has 0 spiro atoms. The van der Waals surface area contributed by atoms with Crippen molar-refractivity contribution in [2.24, 2.45) is 0 Å². The van der Waals surface area contributed by atoms with Crippen LogP contribution < -0.4 is 0 Å². The Hall–Kier alpha value is -6.70. The van der Waals surface area contributed by atoms with E-state index in [1.807, 2.05) is 0 Å². The van der Waals surface area contributed by atoms with Crippen molar-refractivity contribution in [2.75, 3.05) is 0 Å². The number of rotatable bonds is 3. The molecule has 236 valence electrons. The molecule has 0 saturated carbocycles. The van der Waals surface area contributed by atoms with Gasteiger partial charge in [-0.15, -0.1) is 0 Å². The molecule has 0 unspecified atom stereocenters. The van der Waals surface area contributed by atoms with Crippen LogP contribution in [0.3, 0.4) is 0 Å². The van der Waals surface area contributed by atoms with E-state index in [4.69, 9.17) is 4.42 Å². The van der Waals surface area contributed by atoms with Gasteiger partial charge in [-0.05, 0) is 124 Å². The lowest BCUT2D eigenvalue weighted by Gasteiger charge is -2.19. The Morgan fingerprint density at radius 2 is 0.745 bits per heavy atom. The zero-order chi connectivity index (χ0) is 33.5. The smallest absolute Gasteiger partial charge is 0.136 e. The van der Waals surface area contributed by atoms with Gasteiger partial charge in [0.2, 0.25) is 0 Å². The van der Waals surface area contributed by atoms with Crippen molar-refractivity contribution in [1.82, 2.24) is 0 Å². The molecule has 0 bridgehead atoms. The van der Waals surface area contributed by atoms with Gasteiger partial charge in [0, 0.05) is 10.8 Å². The standard InChI is InChI=1S/C50H30O/c1-2-12-33-29-48-46(28-32(33)11-1)40-25-24-37(30-47(40)51-48)35-20-21-36-27-38(23-22-34(36)26-35)49-42-15-5-7-17-44(42)50(45-18-8-6-16-43(45)49)41-19-9-13-31-10-3-4-14-39(31)41/h1-30H. The zero-order valence-corrected chi connectivity index (χ0v) is 27.7. The average molecular weight is 647 g/mol. The molecule has 0 atom stereocenters. The quantitative estimate of drug-likeness (QED) is 0.174. The molecule has 11 aromatic rings. The van der Waals surface area contributed by atoms with Gasteiger partial charge in [0.05, 0.1) is 0 Å². The largest absolute Gasteiger partial charge is 0.456 e. The first kappa shape index (κ1) is 28.2. The molecule has 1 heteroatoms. The molecular formula is C50H30O. The Bertz CT molecular complexity index is 3130. The first-order valence-electron chi connectivity index (χ1n) is 17.6. The minimum atomic E-state index is 0.916. The van der Waals surface area contributed by atoms with Gasteiger partial charge >= 0.3 is 0 Å². The van der Waals surface area contributed by atoms with E-state index in [0.717, 1.165) is 27.5 Å². The second-order valence-electron chi connectivity index (χ2n) is 13.7. The summed E-state index contributed by atoms with van der Waals surface area (Å²) < 4.78 is 6.40. The third-order valence-corrected chi connectivity index (χ3v) is 10.8. The first-order valence-corrected chi connectivity index (χ1v) is 17.6. The second-order valence-corrected chi connectivity index (χ2v) is 13.7. The topological polar surface area (TPSA) is 13.1 Å². The Kier molecular flexibility index (Phi) is 6.02. The number of fused-ring (bicyclic) bond motifs is 8. The molecule has 0 aliphatic carbocycles. The van der Waals surface area contributed by atoms with Gasteiger partial charge in [-0.2, -0.15) is 0 Å². The van der Waals surface area contributed by atoms with Crippen molar-refractivity contribution in [2.45, 2.75) is 0 Å². The minimum absolute atomic E-state index is 0.916. The molecule has 10 aromatic carbocycles. The van der Waals surface area contributed by atoms with Gasteiger partial charge in [-0.25, -0.2) is 0 Å². The molecular weight excluding hydrogens is 617 g/mol. The van der Waals surface area contributed by atoms with Crippen LogP contribution in [0.4, 0.5) is 0 Å². The molecule has 0 radical (unpaired) electrons. The van der Waals surface area contributed by atoms with Crippen LogP contribution in [0.25, 0.3) is 109 Å². The van der Waals surface area contributed by atoms with Crippen molar-refractivity contribution in [3.8, 4) is 33.4 Å². The zero-order valence-electron chi connectivity index (χ0n) is 27.7. The molecule has 51 heavy (non-hydrogen) atoms. The highest BCUT2D eigenvalue weighted by molar-refractivity contribution is 6.24. The highest BCUT2D eigenvalue weighted by Crippen LogP contribution is 2.46. The van der Waals surface area contributed by atoms with E-state index in [1.165, 1.54) is 81.7 Å². The van der Waals surface area contributed by atoms with Crippen LogP contribution in [0.5, 0.6) is 0 Å². The molecule has 0 fully saturated rings. The molecule has 0 N–H and O–H groups in total. The summed E-state index contributed by atoms with van der Waals surface area (Å²) in [6, 6.07) is 66.4. The Balaban J connectivity index is 1.05. The van der Waals surface area contributed by atoms with E-state index in [9.17, 15) is 0 Å². The molecule has 1 aromatic heterocycles. The van der Waals surface area contributed by atoms with Gasteiger partial charge in [-0.3, -0.25) is 0 Å². The predicted molar refractivity (Wildman–Crippen MR) is 218 cm³/mol. The third kappa shape index (κ3) is 4.35. The SMILES string of the molecule is c1ccc2cc3c(cc2c1)oc1cc(-c2ccc4cc(-c5c6ccccc6c(-c6cccc7ccccc67)c6ccccc56)ccc4c2)ccc13. The van der Waals surface area contributed by atoms with Crippen molar-refractivity contribution < 1.29 is 4.42 Å². The van der Waals surface area contributed by atoms with E-state index in [-0.39, 0.29) is 0 Å². The highest BCUT2D eigenvalue weighted by atomic mass is 16.3. The third-order valence-electron chi connectivity index (χ3n) is 10.8. The summed E-state index contributed by atoms with van der Waals surface area (Å²) in [4.78, 5) is 0. The van der Waals surface area contributed by atoms with E-state index in [1.54, 1.807) is 0 Å². The van der Waals surface area contributed by atoms with Gasteiger partial charge in [0.25, 0.3) is 0 Å². The maximum absolute atomic E-state index is 6.40. The molecule has 0 saturated heterocycles. The summed E-state index contributed by atoms with van der Waals surface area (Å²) in [7, 11) is 0. The van der Waals surface area contributed by atoms with E-state index < -0.39 is 0 Å². The number of benzene rings is 10. The van der Waals surface area contributed by atoms with E-state index >= 15 is 0 Å². The predicted octanol–water partition coefficient (Wildman–Crippen LogP) is 14.4. The van der Waals surface area contributed by atoms with Gasteiger partial charge in [0.1, 0.15) is 11.2 Å². The summed E-state index contributed by atoms with van der Waals surface area (Å²) in [5.41, 5.74) is 9.24. The summed E-state index contributed by atoms with van der Waals surface area (Å²) in [6.45, 7) is 0. The Morgan fingerprint density at radius 1 is 0.255 bits per heavy atom. The van der Waals surface area contributed by atoms with Crippen LogP contribution in [0, 0.1) is 0 Å². The fourth-order valence-electron chi connectivity index (χ4n) is 8.40. The van der Waals surface area contributed by atoms with Gasteiger partial charge in [0.15, 0.2) is 0 Å². The van der Waals surface area contributed by atoms with E-state index in [0.29, 0.717) is 0 Å². The summed E-state index contributed by atoms with van der Waals surface area (Å²) in [5, 5.41) is 14.8. The molecule has 11 rings (SSSR count). The molecule has 1 heterocycles. The van der Waals surface area contributed by atoms with Crippen molar-refractivity contribution in [3.63, 3.8) is 0 Å². The van der Waals surface area contributed by atoms with Gasteiger partial charge < -0.3 is 4.42 Å². The fourth-order valence-corrected chi connectivity index (χ4v) is 8.40. The lowest BCUT2D eigenvalue weighted by molar-refractivity contribution is 0.669. The van der Waals surface area contributed by atoms with Crippen LogP contribution in [0.15, 0.2) is 186 Å². The number of furan rings is 1. The van der Waals surface area contributed by atoms with Gasteiger partial charge in [-0.1, -0.05) is 146 Å². The molecule has 1 nitrogen and oxygen atoms in total.